The topological polar surface area (TPSA) is 106 Å². The van der Waals surface area contributed by atoms with E-state index in [-0.39, 0.29) is 18.0 Å². The number of methoxy groups -OCH3 is 1. The number of aryl methyl sites for hydroxylation is 1. The summed E-state index contributed by atoms with van der Waals surface area (Å²) in [5, 5.41) is 12.0. The number of hydrogen-bond donors (Lipinski definition) is 1. The molecule has 1 N–H and O–H groups in total. The molecule has 0 radical (unpaired) electrons. The van der Waals surface area contributed by atoms with Crippen LogP contribution in [0.5, 0.6) is 11.5 Å². The first-order valence-corrected chi connectivity index (χ1v) is 9.65. The lowest BCUT2D eigenvalue weighted by Gasteiger charge is -2.22. The van der Waals surface area contributed by atoms with E-state index in [1.54, 1.807) is 43.5 Å². The molecular formula is C18H22N2O6S. The number of benzene rings is 2. The quantitative estimate of drug-likeness (QED) is 0.619. The highest BCUT2D eigenvalue weighted by Gasteiger charge is 2.27. The highest BCUT2D eigenvalue weighted by molar-refractivity contribution is 7.89. The Morgan fingerprint density at radius 3 is 2.22 bits per heavy atom. The SMILES string of the molecule is COc1ccc(OCCN(CC(O)N=O)S(=O)(=O)c2ccc(C)cc2)cc1. The van der Waals surface area contributed by atoms with Crippen molar-refractivity contribution < 1.29 is 23.0 Å². The number of sulfonamides is 1. The molecule has 0 saturated heterocycles. The van der Waals surface area contributed by atoms with E-state index in [4.69, 9.17) is 9.47 Å². The molecule has 1 atom stereocenters. The number of ether oxygens (including phenoxy) is 2. The lowest BCUT2D eigenvalue weighted by molar-refractivity contribution is 0.145. The van der Waals surface area contributed by atoms with Gasteiger partial charge < -0.3 is 14.6 Å². The molecule has 1 unspecified atom stereocenters. The Labute approximate surface area is 158 Å². The molecular weight excluding hydrogens is 372 g/mol. The molecule has 0 aromatic heterocycles. The summed E-state index contributed by atoms with van der Waals surface area (Å²) in [5.41, 5.74) is 0.915. The van der Waals surface area contributed by atoms with Gasteiger partial charge in [0.25, 0.3) is 0 Å². The molecule has 2 aromatic rings. The molecule has 146 valence electrons. The second kappa shape index (κ2) is 9.45. The van der Waals surface area contributed by atoms with Gasteiger partial charge in [0.1, 0.15) is 18.1 Å². The number of nitroso groups, excluding NO2 is 1. The Morgan fingerprint density at radius 1 is 1.07 bits per heavy atom. The first kappa shape index (κ1) is 20.8. The van der Waals surface area contributed by atoms with Crippen molar-refractivity contribution in [1.29, 1.82) is 0 Å². The lowest BCUT2D eigenvalue weighted by atomic mass is 10.2. The van der Waals surface area contributed by atoms with E-state index in [9.17, 15) is 18.4 Å². The average molecular weight is 394 g/mol. The molecule has 0 aliphatic rings. The molecule has 8 nitrogen and oxygen atoms in total. The molecule has 0 aliphatic carbocycles. The second-order valence-corrected chi connectivity index (χ2v) is 7.72. The van der Waals surface area contributed by atoms with Crippen LogP contribution in [0.25, 0.3) is 0 Å². The van der Waals surface area contributed by atoms with Crippen molar-refractivity contribution in [2.45, 2.75) is 18.0 Å². The van der Waals surface area contributed by atoms with E-state index in [2.05, 4.69) is 5.18 Å². The van der Waals surface area contributed by atoms with Crippen LogP contribution in [0.15, 0.2) is 58.6 Å². The van der Waals surface area contributed by atoms with E-state index in [1.165, 1.54) is 12.1 Å². The third-order valence-corrected chi connectivity index (χ3v) is 5.70. The Hall–Kier alpha value is -2.49. The van der Waals surface area contributed by atoms with E-state index in [1.807, 2.05) is 6.92 Å². The van der Waals surface area contributed by atoms with Gasteiger partial charge in [-0.2, -0.15) is 4.31 Å². The monoisotopic (exact) mass is 394 g/mol. The van der Waals surface area contributed by atoms with Crippen molar-refractivity contribution in [3.63, 3.8) is 0 Å². The van der Waals surface area contributed by atoms with Crippen molar-refractivity contribution in [3.05, 3.63) is 59.0 Å². The van der Waals surface area contributed by atoms with Crippen LogP contribution in [0.4, 0.5) is 0 Å². The smallest absolute Gasteiger partial charge is 0.243 e. The van der Waals surface area contributed by atoms with Crippen molar-refractivity contribution in [2.24, 2.45) is 5.18 Å². The minimum Gasteiger partial charge on any atom is -0.497 e. The molecule has 0 aliphatic heterocycles. The van der Waals surface area contributed by atoms with Gasteiger partial charge in [0.15, 0.2) is 0 Å². The molecule has 2 aromatic carbocycles. The first-order chi connectivity index (χ1) is 12.9. The third-order valence-electron chi connectivity index (χ3n) is 3.82. The number of rotatable bonds is 10. The van der Waals surface area contributed by atoms with Gasteiger partial charge in [-0.25, -0.2) is 8.42 Å². The summed E-state index contributed by atoms with van der Waals surface area (Å²) in [6, 6.07) is 13.1. The summed E-state index contributed by atoms with van der Waals surface area (Å²) in [6.07, 6.45) is -1.66. The van der Waals surface area contributed by atoms with E-state index < -0.39 is 22.8 Å². The first-order valence-electron chi connectivity index (χ1n) is 8.21. The number of aliphatic hydroxyl groups is 1. The zero-order valence-corrected chi connectivity index (χ0v) is 15.9. The van der Waals surface area contributed by atoms with Gasteiger partial charge in [-0.15, -0.1) is 4.91 Å². The fourth-order valence-corrected chi connectivity index (χ4v) is 3.74. The molecule has 0 bridgehead atoms. The van der Waals surface area contributed by atoms with Gasteiger partial charge in [0.05, 0.1) is 18.6 Å². The zero-order valence-electron chi connectivity index (χ0n) is 15.1. The van der Waals surface area contributed by atoms with Gasteiger partial charge in [0.2, 0.25) is 16.3 Å². The summed E-state index contributed by atoms with van der Waals surface area (Å²) < 4.78 is 37.2. The highest BCUT2D eigenvalue weighted by Crippen LogP contribution is 2.19. The molecule has 27 heavy (non-hydrogen) atoms. The van der Waals surface area contributed by atoms with Crippen LogP contribution >= 0.6 is 0 Å². The Bertz CT molecular complexity index is 837. The van der Waals surface area contributed by atoms with Crippen LogP contribution in [0.3, 0.4) is 0 Å². The molecule has 0 saturated carbocycles. The van der Waals surface area contributed by atoms with Crippen molar-refractivity contribution >= 4 is 10.0 Å². The van der Waals surface area contributed by atoms with Crippen molar-refractivity contribution in [2.75, 3.05) is 26.8 Å². The summed E-state index contributed by atoms with van der Waals surface area (Å²) in [5.74, 6) is 1.21. The van der Waals surface area contributed by atoms with Gasteiger partial charge in [-0.05, 0) is 48.5 Å². The van der Waals surface area contributed by atoms with Gasteiger partial charge in [-0.3, -0.25) is 0 Å². The van der Waals surface area contributed by atoms with Gasteiger partial charge in [0, 0.05) is 6.54 Å². The van der Waals surface area contributed by atoms with Crippen LogP contribution < -0.4 is 9.47 Å². The molecule has 9 heteroatoms. The van der Waals surface area contributed by atoms with Crippen LogP contribution in [-0.4, -0.2) is 50.9 Å². The second-order valence-electron chi connectivity index (χ2n) is 5.79. The minimum absolute atomic E-state index is 0.0308. The van der Waals surface area contributed by atoms with Crippen molar-refractivity contribution in [3.8, 4) is 11.5 Å². The van der Waals surface area contributed by atoms with E-state index in [0.717, 1.165) is 9.87 Å². The summed E-state index contributed by atoms with van der Waals surface area (Å²) >= 11 is 0. The molecule has 0 heterocycles. The Morgan fingerprint density at radius 2 is 1.67 bits per heavy atom. The summed E-state index contributed by atoms with van der Waals surface area (Å²) in [4.78, 5) is 10.6. The maximum Gasteiger partial charge on any atom is 0.243 e. The number of hydrogen-bond acceptors (Lipinski definition) is 7. The molecule has 0 spiro atoms. The molecule has 2 rings (SSSR count). The fraction of sp³-hybridized carbons (Fsp3) is 0.333. The van der Waals surface area contributed by atoms with Gasteiger partial charge >= 0.3 is 0 Å². The maximum atomic E-state index is 12.8. The largest absolute Gasteiger partial charge is 0.497 e. The predicted octanol–water partition coefficient (Wildman–Crippen LogP) is 2.16. The summed E-state index contributed by atoms with van der Waals surface area (Å²) in [7, 11) is -2.36. The van der Waals surface area contributed by atoms with E-state index in [0.29, 0.717) is 11.5 Å². The zero-order chi connectivity index (χ0) is 19.9. The average Bonchev–Trinajstić information content (AvgIpc) is 2.67. The van der Waals surface area contributed by atoms with E-state index >= 15 is 0 Å². The fourth-order valence-electron chi connectivity index (χ4n) is 2.32. The van der Waals surface area contributed by atoms with Crippen LogP contribution in [-0.2, 0) is 10.0 Å². The van der Waals surface area contributed by atoms with Crippen LogP contribution in [0, 0.1) is 11.8 Å². The lowest BCUT2D eigenvalue weighted by Crippen LogP contribution is -2.39. The predicted molar refractivity (Wildman–Crippen MR) is 100 cm³/mol. The number of aliphatic hydroxyl groups excluding tert-OH is 1. The van der Waals surface area contributed by atoms with Crippen LogP contribution in [0.2, 0.25) is 0 Å². The summed E-state index contributed by atoms with van der Waals surface area (Å²) in [6.45, 7) is 1.36. The molecule has 0 amide bonds. The highest BCUT2D eigenvalue weighted by atomic mass is 32.2. The molecule has 0 fully saturated rings. The third kappa shape index (κ3) is 5.75. The Balaban J connectivity index is 2.10. The minimum atomic E-state index is -3.91. The van der Waals surface area contributed by atoms with Crippen LogP contribution in [0.1, 0.15) is 5.56 Å². The standard InChI is InChI=1S/C18H22N2O6S/c1-14-3-9-17(10-4-14)27(23,24)20(13-18(21)19-22)11-12-26-16-7-5-15(25-2)6-8-16/h3-10,18,21H,11-13H2,1-2H3. The Kier molecular flexibility index (Phi) is 7.28. The normalized spacial score (nSPS) is 12.6. The van der Waals surface area contributed by atoms with Crippen molar-refractivity contribution in [1.82, 2.24) is 4.31 Å². The number of nitrogens with zero attached hydrogens (tertiary/aromatic N) is 2. The maximum absolute atomic E-state index is 12.8. The van der Waals surface area contributed by atoms with Gasteiger partial charge in [-0.1, -0.05) is 17.7 Å².